The third-order valence-electron chi connectivity index (χ3n) is 1.68. The third kappa shape index (κ3) is 4.60. The van der Waals surface area contributed by atoms with Crippen molar-refractivity contribution in [2.45, 2.75) is 32.1 Å². The summed E-state index contributed by atoms with van der Waals surface area (Å²) in [7, 11) is 0. The largest absolute Gasteiger partial charge is 0.0879 e. The fourth-order valence-corrected chi connectivity index (χ4v) is 1.06. The highest BCUT2D eigenvalue weighted by atomic mass is 13.9. The molecule has 0 N–H and O–H groups in total. The summed E-state index contributed by atoms with van der Waals surface area (Å²) in [5.41, 5.74) is 0. The van der Waals surface area contributed by atoms with Gasteiger partial charge in [-0.1, -0.05) is 30.4 Å². The lowest BCUT2D eigenvalue weighted by molar-refractivity contribution is 0.986. The van der Waals surface area contributed by atoms with E-state index in [4.69, 9.17) is 0 Å². The fourth-order valence-electron chi connectivity index (χ4n) is 1.06. The molecule has 0 heteroatoms. The van der Waals surface area contributed by atoms with Crippen LogP contribution in [0.5, 0.6) is 0 Å². The molecule has 0 aliphatic heterocycles. The molecule has 0 aromatic heterocycles. The maximum Gasteiger partial charge on any atom is -0.0169 e. The minimum Gasteiger partial charge on any atom is -0.0879 e. The summed E-state index contributed by atoms with van der Waals surface area (Å²) >= 11 is 0. The van der Waals surface area contributed by atoms with E-state index in [-0.39, 0.29) is 0 Å². The van der Waals surface area contributed by atoms with Crippen LogP contribution >= 0.6 is 0 Å². The predicted molar refractivity (Wildman–Crippen MR) is 49.2 cm³/mol. The molecule has 1 rings (SSSR count). The Morgan fingerprint density at radius 2 is 1.64 bits per heavy atom. The van der Waals surface area contributed by atoms with Crippen molar-refractivity contribution < 1.29 is 0 Å². The molecule has 0 spiro atoms. The van der Waals surface area contributed by atoms with Gasteiger partial charge in [0.25, 0.3) is 0 Å². The van der Waals surface area contributed by atoms with Gasteiger partial charge in [0.05, 0.1) is 0 Å². The van der Waals surface area contributed by atoms with Gasteiger partial charge in [-0.25, -0.2) is 0 Å². The number of allylic oxidation sites excluding steroid dienone is 6. The van der Waals surface area contributed by atoms with Crippen molar-refractivity contribution in [2.75, 3.05) is 0 Å². The summed E-state index contributed by atoms with van der Waals surface area (Å²) in [6.45, 7) is 0. The minimum atomic E-state index is 1.08. The summed E-state index contributed by atoms with van der Waals surface area (Å²) < 4.78 is 0. The van der Waals surface area contributed by atoms with Crippen molar-refractivity contribution in [2.24, 2.45) is 0 Å². The van der Waals surface area contributed by atoms with Gasteiger partial charge in [-0.3, -0.25) is 0 Å². The van der Waals surface area contributed by atoms with Crippen LogP contribution < -0.4 is 0 Å². The average molecular weight is 147 g/mol. The second-order valence-electron chi connectivity index (χ2n) is 2.70. The lowest BCUT2D eigenvalue weighted by atomic mass is 10.2. The molecule has 0 atom stereocenters. The maximum atomic E-state index is 3.27. The van der Waals surface area contributed by atoms with E-state index in [1.165, 1.54) is 6.42 Å². The second kappa shape index (κ2) is 5.96. The van der Waals surface area contributed by atoms with Gasteiger partial charge in [0, 0.05) is 0 Å². The lowest BCUT2D eigenvalue weighted by Crippen LogP contribution is -1.66. The molecular weight excluding hydrogens is 132 g/mol. The minimum absolute atomic E-state index is 1.08. The van der Waals surface area contributed by atoms with Crippen LogP contribution in [-0.2, 0) is 0 Å². The highest BCUT2D eigenvalue weighted by molar-refractivity contribution is 4.95. The molecule has 0 fully saturated rings. The number of hydrogen-bond donors (Lipinski definition) is 0. The molecule has 0 bridgehead atoms. The van der Waals surface area contributed by atoms with E-state index in [9.17, 15) is 0 Å². The van der Waals surface area contributed by atoms with Gasteiger partial charge in [-0.15, -0.1) is 0 Å². The second-order valence-corrected chi connectivity index (χ2v) is 2.70. The van der Waals surface area contributed by atoms with Gasteiger partial charge in [0.1, 0.15) is 0 Å². The van der Waals surface area contributed by atoms with Gasteiger partial charge < -0.3 is 0 Å². The van der Waals surface area contributed by atoms with Crippen LogP contribution in [0.1, 0.15) is 32.1 Å². The molecule has 0 heterocycles. The molecule has 0 saturated heterocycles. The first-order valence-corrected chi connectivity index (χ1v) is 4.35. The Kier molecular flexibility index (Phi) is 4.51. The van der Waals surface area contributed by atoms with E-state index in [0.29, 0.717) is 0 Å². The first-order valence-electron chi connectivity index (χ1n) is 4.35. The van der Waals surface area contributed by atoms with Crippen molar-refractivity contribution in [3.63, 3.8) is 0 Å². The van der Waals surface area contributed by atoms with Crippen LogP contribution in [0.2, 0.25) is 0 Å². The molecule has 0 amide bonds. The van der Waals surface area contributed by atoms with E-state index in [2.05, 4.69) is 36.5 Å². The fraction of sp³-hybridized carbons (Fsp3) is 0.455. The molecule has 0 nitrogen and oxygen atoms in total. The van der Waals surface area contributed by atoms with E-state index < -0.39 is 0 Å². The van der Waals surface area contributed by atoms with Crippen LogP contribution in [0.4, 0.5) is 0 Å². The van der Waals surface area contributed by atoms with Crippen LogP contribution in [0, 0.1) is 6.08 Å². The van der Waals surface area contributed by atoms with Crippen molar-refractivity contribution in [1.29, 1.82) is 0 Å². The molecule has 0 unspecified atom stereocenters. The normalized spacial score (nSPS) is 19.6. The van der Waals surface area contributed by atoms with E-state index in [0.717, 1.165) is 25.7 Å². The molecule has 0 saturated carbocycles. The Labute approximate surface area is 69.3 Å². The van der Waals surface area contributed by atoms with Crippen molar-refractivity contribution >= 4 is 0 Å². The van der Waals surface area contributed by atoms with Crippen molar-refractivity contribution in [1.82, 2.24) is 0 Å². The number of rotatable bonds is 0. The van der Waals surface area contributed by atoms with E-state index in [1.54, 1.807) is 0 Å². The lowest BCUT2D eigenvalue weighted by Gasteiger charge is -1.84. The maximum absolute atomic E-state index is 3.27. The topological polar surface area (TPSA) is 0 Å². The Morgan fingerprint density at radius 1 is 0.818 bits per heavy atom. The van der Waals surface area contributed by atoms with Crippen LogP contribution in [0.25, 0.3) is 0 Å². The standard InChI is InChI=1S/C11H15/c1-2-4-6-8-10-11-9-7-5-3-1/h1-2,5,7-8H,3-4,6,9,11H2. The van der Waals surface area contributed by atoms with E-state index in [1.807, 2.05) is 0 Å². The van der Waals surface area contributed by atoms with Crippen LogP contribution in [0.15, 0.2) is 30.4 Å². The first kappa shape index (κ1) is 8.32. The summed E-state index contributed by atoms with van der Waals surface area (Å²) in [6.07, 6.45) is 20.0. The van der Waals surface area contributed by atoms with Crippen LogP contribution in [-0.4, -0.2) is 0 Å². The number of hydrogen-bond acceptors (Lipinski definition) is 0. The Balaban J connectivity index is 2.34. The third-order valence-corrected chi connectivity index (χ3v) is 1.68. The molecule has 1 radical (unpaired) electrons. The summed E-state index contributed by atoms with van der Waals surface area (Å²) in [4.78, 5) is 0. The zero-order valence-corrected chi connectivity index (χ0v) is 6.92. The molecule has 1 aliphatic carbocycles. The highest BCUT2D eigenvalue weighted by Crippen LogP contribution is 2.00. The Bertz CT molecular complexity index is 143. The first-order chi connectivity index (χ1) is 5.50. The quantitative estimate of drug-likeness (QED) is 0.460. The van der Waals surface area contributed by atoms with Crippen molar-refractivity contribution in [3.05, 3.63) is 36.5 Å². The average Bonchev–Trinajstić information content (AvgIpc) is 2.08. The predicted octanol–water partition coefficient (Wildman–Crippen LogP) is 3.42. The molecule has 0 aromatic carbocycles. The van der Waals surface area contributed by atoms with Gasteiger partial charge in [0.15, 0.2) is 0 Å². The van der Waals surface area contributed by atoms with Crippen molar-refractivity contribution in [3.8, 4) is 0 Å². The molecule has 59 valence electrons. The Morgan fingerprint density at radius 3 is 2.55 bits per heavy atom. The van der Waals surface area contributed by atoms with Crippen LogP contribution in [0.3, 0.4) is 0 Å². The monoisotopic (exact) mass is 147 g/mol. The SMILES string of the molecule is [C]1=CCCC=CCC=CCC1. The molecule has 0 aromatic rings. The van der Waals surface area contributed by atoms with Gasteiger partial charge in [0.2, 0.25) is 0 Å². The summed E-state index contributed by atoms with van der Waals surface area (Å²) in [5, 5.41) is 0. The molecule has 11 heavy (non-hydrogen) atoms. The van der Waals surface area contributed by atoms with Gasteiger partial charge in [-0.2, -0.15) is 0 Å². The smallest absolute Gasteiger partial charge is 0.0169 e. The zero-order chi connectivity index (χ0) is 7.78. The molecule has 1 aliphatic rings. The van der Waals surface area contributed by atoms with Gasteiger partial charge in [-0.05, 0) is 38.2 Å². The molecular formula is C11H15. The zero-order valence-electron chi connectivity index (χ0n) is 6.92. The Hall–Kier alpha value is -0.780. The summed E-state index contributed by atoms with van der Waals surface area (Å²) in [6, 6.07) is 0. The summed E-state index contributed by atoms with van der Waals surface area (Å²) in [5.74, 6) is 0. The highest BCUT2D eigenvalue weighted by Gasteiger charge is 1.81. The van der Waals surface area contributed by atoms with E-state index >= 15 is 0 Å². The van der Waals surface area contributed by atoms with Gasteiger partial charge >= 0.3 is 0 Å².